The summed E-state index contributed by atoms with van der Waals surface area (Å²) in [5, 5.41) is 70.8. The molecule has 27 nitrogen and oxygen atoms in total. The molecular formula is C56H75N11O16S. The number of aliphatic carboxylic acids is 2. The van der Waals surface area contributed by atoms with Crippen LogP contribution in [0.3, 0.4) is 0 Å². The number of nitrogens with two attached hydrogens (primary N) is 2. The number of H-pyrrole nitrogens is 1. The van der Waals surface area contributed by atoms with Crippen LogP contribution >= 0.6 is 11.8 Å². The van der Waals surface area contributed by atoms with Crippen LogP contribution in [0.25, 0.3) is 10.9 Å². The van der Waals surface area contributed by atoms with E-state index in [4.69, 9.17) is 11.5 Å². The second-order valence-corrected chi connectivity index (χ2v) is 21.1. The van der Waals surface area contributed by atoms with Crippen molar-refractivity contribution in [2.75, 3.05) is 18.6 Å². The summed E-state index contributed by atoms with van der Waals surface area (Å²) in [6, 6.07) is 6.53. The van der Waals surface area contributed by atoms with E-state index in [-0.39, 0.29) is 30.8 Å². The first kappa shape index (κ1) is 67.9. The average Bonchev–Trinajstić information content (AvgIpc) is 4.09. The van der Waals surface area contributed by atoms with Crippen molar-refractivity contribution in [2.45, 2.75) is 133 Å². The highest BCUT2D eigenvalue weighted by Gasteiger charge is 2.37. The lowest BCUT2D eigenvalue weighted by Crippen LogP contribution is -2.62. The highest BCUT2D eigenvalue weighted by atomic mass is 32.2. The summed E-state index contributed by atoms with van der Waals surface area (Å²) in [4.78, 5) is 151. The van der Waals surface area contributed by atoms with Crippen LogP contribution in [0, 0.1) is 5.92 Å². The van der Waals surface area contributed by atoms with Gasteiger partial charge in [0, 0.05) is 36.4 Å². The Hall–Kier alpha value is -8.60. The molecule has 0 spiro atoms. The zero-order valence-corrected chi connectivity index (χ0v) is 47.6. The van der Waals surface area contributed by atoms with Gasteiger partial charge >= 0.3 is 11.9 Å². The molecule has 9 amide bonds. The Morgan fingerprint density at radius 3 is 1.68 bits per heavy atom. The summed E-state index contributed by atoms with van der Waals surface area (Å²) in [6.45, 7) is 3.53. The Kier molecular flexibility index (Phi) is 27.1. The molecule has 0 bridgehead atoms. The van der Waals surface area contributed by atoms with E-state index in [9.17, 15) is 78.3 Å². The highest BCUT2D eigenvalue weighted by molar-refractivity contribution is 7.98. The van der Waals surface area contributed by atoms with Crippen LogP contribution in [-0.2, 0) is 72.0 Å². The van der Waals surface area contributed by atoms with E-state index in [1.807, 2.05) is 0 Å². The maximum absolute atomic E-state index is 14.4. The van der Waals surface area contributed by atoms with Crippen molar-refractivity contribution in [3.8, 4) is 5.75 Å². The van der Waals surface area contributed by atoms with Gasteiger partial charge in [-0.3, -0.25) is 47.9 Å². The van der Waals surface area contributed by atoms with Gasteiger partial charge in [-0.25, -0.2) is 4.79 Å². The SMILES string of the molecule is CC[C@H](C)[C@H](NC(=O)[C@H](Cc1c[nH]c2ccccc12)NC(=O)[C@@H](NC(=O)[C@H](CCSC)NC(=O)[C@H](CCC(N)=O)NC(=O)[C@H](Cc1ccc(O)cc1)NC(=O)[C@H](CC(=O)O)NC(=O)[C@H](CO)NC(=O)[C@@H](N)Cc1ccccc1)[C@@H](C)O)C(=O)O. The van der Waals surface area contributed by atoms with Crippen LogP contribution in [0.4, 0.5) is 0 Å². The number of amides is 9. The van der Waals surface area contributed by atoms with Crippen LogP contribution in [-0.4, -0.2) is 175 Å². The average molecular weight is 1190 g/mol. The minimum Gasteiger partial charge on any atom is -0.508 e. The zero-order chi connectivity index (χ0) is 62.2. The number of para-hydroxylation sites is 1. The van der Waals surface area contributed by atoms with E-state index in [1.165, 1.54) is 43.0 Å². The summed E-state index contributed by atoms with van der Waals surface area (Å²) in [5.74, 6) is -12.9. The van der Waals surface area contributed by atoms with Gasteiger partial charge in [-0.2, -0.15) is 11.8 Å². The third kappa shape index (κ3) is 21.3. The van der Waals surface area contributed by atoms with Gasteiger partial charge in [0.1, 0.15) is 54.1 Å². The van der Waals surface area contributed by atoms with Crippen molar-refractivity contribution in [2.24, 2.45) is 17.4 Å². The van der Waals surface area contributed by atoms with E-state index in [2.05, 4.69) is 47.5 Å². The van der Waals surface area contributed by atoms with E-state index in [0.717, 1.165) is 0 Å². The van der Waals surface area contributed by atoms with Crippen LogP contribution in [0.1, 0.15) is 69.6 Å². The number of rotatable bonds is 35. The maximum Gasteiger partial charge on any atom is 0.326 e. The van der Waals surface area contributed by atoms with Gasteiger partial charge in [-0.05, 0) is 79.0 Å². The molecule has 18 N–H and O–H groups in total. The number of benzene rings is 3. The number of aliphatic hydroxyl groups excluding tert-OH is 2. The topological polar surface area (TPSA) is 453 Å². The quantitative estimate of drug-likeness (QED) is 0.0239. The molecule has 0 radical (unpaired) electrons. The number of aromatic hydroxyl groups is 1. The predicted octanol–water partition coefficient (Wildman–Crippen LogP) is -1.90. The number of hydrogen-bond donors (Lipinski definition) is 16. The van der Waals surface area contributed by atoms with Gasteiger partial charge in [0.2, 0.25) is 53.2 Å². The zero-order valence-electron chi connectivity index (χ0n) is 46.8. The molecule has 456 valence electrons. The van der Waals surface area contributed by atoms with Gasteiger partial charge in [0.05, 0.1) is 25.2 Å². The third-order valence-electron chi connectivity index (χ3n) is 13.6. The summed E-state index contributed by atoms with van der Waals surface area (Å²) in [6.07, 6.45) is -0.728. The summed E-state index contributed by atoms with van der Waals surface area (Å²) in [5.41, 5.74) is 13.8. The molecule has 0 saturated carbocycles. The lowest BCUT2D eigenvalue weighted by molar-refractivity contribution is -0.144. The smallest absolute Gasteiger partial charge is 0.326 e. The number of carbonyl (C=O) groups is 11. The molecule has 0 saturated heterocycles. The van der Waals surface area contributed by atoms with Crippen LogP contribution in [0.2, 0.25) is 0 Å². The van der Waals surface area contributed by atoms with Gasteiger partial charge in [-0.1, -0.05) is 80.9 Å². The lowest BCUT2D eigenvalue weighted by atomic mass is 9.97. The molecule has 84 heavy (non-hydrogen) atoms. The molecule has 0 fully saturated rings. The number of phenols is 1. The van der Waals surface area contributed by atoms with Gasteiger partial charge in [-0.15, -0.1) is 0 Å². The number of carboxylic acid groups (broad SMARTS) is 2. The first-order chi connectivity index (χ1) is 39.8. The van der Waals surface area contributed by atoms with E-state index in [1.54, 1.807) is 80.9 Å². The van der Waals surface area contributed by atoms with Crippen molar-refractivity contribution < 1.29 is 78.3 Å². The summed E-state index contributed by atoms with van der Waals surface area (Å²) in [7, 11) is 0. The van der Waals surface area contributed by atoms with Gasteiger partial charge < -0.3 is 84.5 Å². The molecule has 0 aliphatic rings. The van der Waals surface area contributed by atoms with E-state index in [0.29, 0.717) is 34.0 Å². The number of carbonyl (C=O) groups excluding carboxylic acids is 9. The van der Waals surface area contributed by atoms with Gasteiger partial charge in [0.15, 0.2) is 0 Å². The Morgan fingerprint density at radius 1 is 0.583 bits per heavy atom. The molecule has 4 rings (SSSR count). The lowest BCUT2D eigenvalue weighted by Gasteiger charge is -2.29. The third-order valence-corrected chi connectivity index (χ3v) is 14.2. The van der Waals surface area contributed by atoms with E-state index < -0.39 is 164 Å². The number of aliphatic hydroxyl groups is 2. The number of aromatic nitrogens is 1. The summed E-state index contributed by atoms with van der Waals surface area (Å²) < 4.78 is 0. The number of hydrogen-bond acceptors (Lipinski definition) is 16. The second-order valence-electron chi connectivity index (χ2n) is 20.1. The Labute approximate surface area is 488 Å². The maximum atomic E-state index is 14.4. The number of thioether (sulfide) groups is 1. The number of fused-ring (bicyclic) bond motifs is 1. The number of aromatic amines is 1. The van der Waals surface area contributed by atoms with Crippen LogP contribution in [0.15, 0.2) is 85.1 Å². The molecule has 0 aliphatic heterocycles. The number of phenolic OH excluding ortho intramolecular Hbond substituents is 1. The predicted molar refractivity (Wildman–Crippen MR) is 307 cm³/mol. The normalized spacial score (nSPS) is 15.1. The fourth-order valence-corrected chi connectivity index (χ4v) is 9.10. The fourth-order valence-electron chi connectivity index (χ4n) is 8.63. The Bertz CT molecular complexity index is 2930. The molecule has 0 aliphatic carbocycles. The van der Waals surface area contributed by atoms with Crippen molar-refractivity contribution in [3.05, 3.63) is 102 Å². The van der Waals surface area contributed by atoms with Crippen molar-refractivity contribution in [1.82, 2.24) is 47.5 Å². The Morgan fingerprint density at radius 2 is 1.08 bits per heavy atom. The number of nitrogens with one attached hydrogen (secondary N) is 9. The molecule has 1 aromatic heterocycles. The molecule has 28 heteroatoms. The molecule has 4 aromatic rings. The second kappa shape index (κ2) is 33.5. The molecule has 11 atom stereocenters. The van der Waals surface area contributed by atoms with Crippen molar-refractivity contribution >= 4 is 87.8 Å². The van der Waals surface area contributed by atoms with Crippen molar-refractivity contribution in [1.29, 1.82) is 0 Å². The first-order valence-electron chi connectivity index (χ1n) is 26.9. The van der Waals surface area contributed by atoms with Crippen LogP contribution < -0.4 is 54.0 Å². The highest BCUT2D eigenvalue weighted by Crippen LogP contribution is 2.20. The van der Waals surface area contributed by atoms with Crippen LogP contribution in [0.5, 0.6) is 5.75 Å². The van der Waals surface area contributed by atoms with Crippen molar-refractivity contribution in [3.63, 3.8) is 0 Å². The first-order valence-corrected chi connectivity index (χ1v) is 28.3. The van der Waals surface area contributed by atoms with Gasteiger partial charge in [0.25, 0.3) is 0 Å². The fraction of sp³-hybridized carbons (Fsp3) is 0.446. The number of carboxylic acids is 2. The largest absolute Gasteiger partial charge is 0.508 e. The standard InChI is InChI=1S/C56H75N11O16S/c1-5-29(2)46(56(82)83)66-53(79)41(25-33-27-59-37-14-10-9-13-35(33)37)64-55(81)47(30(3)69)67-50(76)39(21-22-84-4)61-49(75)38(19-20-44(58)71)60-51(77)40(24-32-15-17-34(70)18-16-32)62-52(78)42(26-45(72)73)63-54(80)43(28-68)65-48(74)36(57)23-31-11-7-6-8-12-31/h6-18,27,29-30,36,38-43,46-47,59,68-70H,5,19-26,28,57H2,1-4H3,(H2,58,71)(H,60,77)(H,61,75)(H,62,78)(H,63,80)(H,64,81)(H,65,74)(H,66,79)(H,67,76)(H,72,73)(H,82,83)/t29-,30+,36-,38-,39-,40-,41-,42-,43-,46-,47-/m0/s1. The minimum atomic E-state index is -1.97. The molecular weight excluding hydrogens is 1110 g/mol. The monoisotopic (exact) mass is 1190 g/mol. The molecule has 1 heterocycles. The Balaban J connectivity index is 1.59. The summed E-state index contributed by atoms with van der Waals surface area (Å²) >= 11 is 1.26. The number of primary amides is 1. The molecule has 0 unspecified atom stereocenters. The molecule has 3 aromatic carbocycles. The minimum absolute atomic E-state index is 0.0443. The van der Waals surface area contributed by atoms with E-state index >= 15 is 0 Å².